The van der Waals surface area contributed by atoms with Crippen molar-refractivity contribution in [3.8, 4) is 5.75 Å². The lowest BCUT2D eigenvalue weighted by Crippen LogP contribution is -2.38. The van der Waals surface area contributed by atoms with E-state index in [1.807, 2.05) is 24.3 Å². The van der Waals surface area contributed by atoms with Gasteiger partial charge in [0.15, 0.2) is 0 Å². The van der Waals surface area contributed by atoms with Crippen molar-refractivity contribution >= 4 is 5.91 Å². The van der Waals surface area contributed by atoms with Crippen molar-refractivity contribution in [3.63, 3.8) is 0 Å². The van der Waals surface area contributed by atoms with Crippen molar-refractivity contribution < 1.29 is 9.53 Å². The van der Waals surface area contributed by atoms with Gasteiger partial charge in [0.1, 0.15) is 5.75 Å². The zero-order valence-electron chi connectivity index (χ0n) is 11.4. The molecule has 0 saturated heterocycles. The van der Waals surface area contributed by atoms with Crippen LogP contribution in [0.3, 0.4) is 0 Å². The number of methoxy groups -OCH3 is 1. The van der Waals surface area contributed by atoms with E-state index in [9.17, 15) is 4.79 Å². The Morgan fingerprint density at radius 3 is 2.89 bits per heavy atom. The SMILES string of the molecule is COc1cccc(CNCC(=O)NC2CCCC2)c1. The fraction of sp³-hybridized carbons (Fsp3) is 0.533. The normalized spacial score (nSPS) is 15.4. The van der Waals surface area contributed by atoms with Crippen molar-refractivity contribution in [1.82, 2.24) is 10.6 Å². The van der Waals surface area contributed by atoms with Crippen molar-refractivity contribution in [1.29, 1.82) is 0 Å². The molecule has 2 N–H and O–H groups in total. The van der Waals surface area contributed by atoms with E-state index in [4.69, 9.17) is 4.74 Å². The van der Waals surface area contributed by atoms with Crippen molar-refractivity contribution in [2.45, 2.75) is 38.3 Å². The standard InChI is InChI=1S/C15H22N2O2/c1-19-14-8-4-5-12(9-14)10-16-11-15(18)17-13-6-2-3-7-13/h4-5,8-9,13,16H,2-3,6-7,10-11H2,1H3,(H,17,18). The zero-order chi connectivity index (χ0) is 13.5. The molecule has 1 amide bonds. The number of carbonyl (C=O) groups excluding carboxylic acids is 1. The molecule has 0 heterocycles. The van der Waals surface area contributed by atoms with E-state index in [2.05, 4.69) is 10.6 Å². The van der Waals surface area contributed by atoms with Crippen LogP contribution < -0.4 is 15.4 Å². The summed E-state index contributed by atoms with van der Waals surface area (Å²) in [4.78, 5) is 11.7. The van der Waals surface area contributed by atoms with E-state index in [0.717, 1.165) is 24.2 Å². The molecule has 0 bridgehead atoms. The first-order valence-electron chi connectivity index (χ1n) is 6.91. The molecule has 4 nitrogen and oxygen atoms in total. The summed E-state index contributed by atoms with van der Waals surface area (Å²) in [5.74, 6) is 0.935. The molecular formula is C15H22N2O2. The zero-order valence-corrected chi connectivity index (χ0v) is 11.4. The van der Waals surface area contributed by atoms with Crippen LogP contribution in [-0.2, 0) is 11.3 Å². The molecule has 1 saturated carbocycles. The van der Waals surface area contributed by atoms with Gasteiger partial charge in [-0.2, -0.15) is 0 Å². The average Bonchev–Trinajstić information content (AvgIpc) is 2.92. The number of rotatable bonds is 6. The Bertz CT molecular complexity index is 414. The second-order valence-electron chi connectivity index (χ2n) is 5.00. The van der Waals surface area contributed by atoms with E-state index >= 15 is 0 Å². The molecule has 1 fully saturated rings. The van der Waals surface area contributed by atoms with E-state index in [1.165, 1.54) is 12.8 Å². The number of amides is 1. The van der Waals surface area contributed by atoms with Crippen LogP contribution in [0.5, 0.6) is 5.75 Å². The van der Waals surface area contributed by atoms with Crippen LogP contribution in [-0.4, -0.2) is 25.6 Å². The van der Waals surface area contributed by atoms with Crippen LogP contribution in [0.4, 0.5) is 0 Å². The highest BCUT2D eigenvalue weighted by Crippen LogP contribution is 2.17. The third-order valence-electron chi connectivity index (χ3n) is 3.47. The van der Waals surface area contributed by atoms with Crippen molar-refractivity contribution in [3.05, 3.63) is 29.8 Å². The number of carbonyl (C=O) groups is 1. The van der Waals surface area contributed by atoms with E-state index < -0.39 is 0 Å². The first kappa shape index (κ1) is 13.9. The van der Waals surface area contributed by atoms with Gasteiger partial charge in [0.05, 0.1) is 13.7 Å². The first-order valence-corrected chi connectivity index (χ1v) is 6.91. The summed E-state index contributed by atoms with van der Waals surface area (Å²) >= 11 is 0. The first-order chi connectivity index (χ1) is 9.28. The Morgan fingerprint density at radius 2 is 2.16 bits per heavy atom. The summed E-state index contributed by atoms with van der Waals surface area (Å²) in [6, 6.07) is 8.25. The number of benzene rings is 1. The Labute approximate surface area is 114 Å². The highest BCUT2D eigenvalue weighted by Gasteiger charge is 2.16. The van der Waals surface area contributed by atoms with Gasteiger partial charge in [-0.15, -0.1) is 0 Å². The Morgan fingerprint density at radius 1 is 1.37 bits per heavy atom. The van der Waals surface area contributed by atoms with Crippen LogP contribution in [0, 0.1) is 0 Å². The van der Waals surface area contributed by atoms with Crippen LogP contribution in [0.1, 0.15) is 31.2 Å². The van der Waals surface area contributed by atoms with Gasteiger partial charge in [-0.25, -0.2) is 0 Å². The molecule has 104 valence electrons. The minimum Gasteiger partial charge on any atom is -0.497 e. The van der Waals surface area contributed by atoms with Crippen LogP contribution in [0.15, 0.2) is 24.3 Å². The topological polar surface area (TPSA) is 50.4 Å². The molecule has 1 aliphatic rings. The number of hydrogen-bond acceptors (Lipinski definition) is 3. The molecule has 0 unspecified atom stereocenters. The average molecular weight is 262 g/mol. The minimum absolute atomic E-state index is 0.0924. The lowest BCUT2D eigenvalue weighted by molar-refractivity contribution is -0.120. The minimum atomic E-state index is 0.0924. The molecule has 1 aromatic carbocycles. The summed E-state index contributed by atoms with van der Waals surface area (Å²) in [5, 5.41) is 6.22. The van der Waals surface area contributed by atoms with Crippen molar-refractivity contribution in [2.24, 2.45) is 0 Å². The van der Waals surface area contributed by atoms with Gasteiger partial charge >= 0.3 is 0 Å². The second-order valence-corrected chi connectivity index (χ2v) is 5.00. The van der Waals surface area contributed by atoms with E-state index in [-0.39, 0.29) is 5.91 Å². The summed E-state index contributed by atoms with van der Waals surface area (Å²) < 4.78 is 5.16. The molecule has 19 heavy (non-hydrogen) atoms. The highest BCUT2D eigenvalue weighted by molar-refractivity contribution is 5.78. The monoisotopic (exact) mass is 262 g/mol. The lowest BCUT2D eigenvalue weighted by atomic mass is 10.2. The van der Waals surface area contributed by atoms with Crippen molar-refractivity contribution in [2.75, 3.05) is 13.7 Å². The fourth-order valence-electron chi connectivity index (χ4n) is 2.45. The quantitative estimate of drug-likeness (QED) is 0.822. The van der Waals surface area contributed by atoms with Gasteiger partial charge in [-0.3, -0.25) is 4.79 Å². The number of hydrogen-bond donors (Lipinski definition) is 2. The summed E-state index contributed by atoms with van der Waals surface area (Å²) in [7, 11) is 1.65. The highest BCUT2D eigenvalue weighted by atomic mass is 16.5. The molecule has 0 spiro atoms. The fourth-order valence-corrected chi connectivity index (χ4v) is 2.45. The number of ether oxygens (including phenoxy) is 1. The van der Waals surface area contributed by atoms with Crippen LogP contribution >= 0.6 is 0 Å². The molecule has 4 heteroatoms. The number of nitrogens with one attached hydrogen (secondary N) is 2. The Hall–Kier alpha value is -1.55. The van der Waals surface area contributed by atoms with Gasteiger partial charge in [-0.05, 0) is 30.5 Å². The summed E-state index contributed by atoms with van der Waals surface area (Å²) in [6.45, 7) is 1.04. The largest absolute Gasteiger partial charge is 0.497 e. The molecule has 0 aliphatic heterocycles. The predicted molar refractivity (Wildman–Crippen MR) is 75.1 cm³/mol. The predicted octanol–water partition coefficient (Wildman–Crippen LogP) is 1.84. The maximum Gasteiger partial charge on any atom is 0.234 e. The van der Waals surface area contributed by atoms with Gasteiger partial charge in [0.2, 0.25) is 5.91 Å². The Kier molecular flexibility index (Phi) is 5.21. The van der Waals surface area contributed by atoms with Crippen LogP contribution in [0.2, 0.25) is 0 Å². The van der Waals surface area contributed by atoms with Gasteiger partial charge in [-0.1, -0.05) is 25.0 Å². The van der Waals surface area contributed by atoms with Gasteiger partial charge < -0.3 is 15.4 Å². The second kappa shape index (κ2) is 7.14. The third-order valence-corrected chi connectivity index (χ3v) is 3.47. The maximum absolute atomic E-state index is 11.7. The molecule has 0 radical (unpaired) electrons. The van der Waals surface area contributed by atoms with Gasteiger partial charge in [0.25, 0.3) is 0 Å². The summed E-state index contributed by atoms with van der Waals surface area (Å²) in [6.07, 6.45) is 4.73. The molecule has 0 aromatic heterocycles. The Balaban J connectivity index is 1.68. The lowest BCUT2D eigenvalue weighted by Gasteiger charge is -2.12. The molecule has 1 aliphatic carbocycles. The van der Waals surface area contributed by atoms with Crippen LogP contribution in [0.25, 0.3) is 0 Å². The smallest absolute Gasteiger partial charge is 0.234 e. The summed E-state index contributed by atoms with van der Waals surface area (Å²) in [5.41, 5.74) is 1.12. The third kappa shape index (κ3) is 4.56. The molecule has 2 rings (SSSR count). The van der Waals surface area contributed by atoms with E-state index in [1.54, 1.807) is 7.11 Å². The maximum atomic E-state index is 11.7. The molecule has 0 atom stereocenters. The van der Waals surface area contributed by atoms with E-state index in [0.29, 0.717) is 19.1 Å². The van der Waals surface area contributed by atoms with Gasteiger partial charge in [0, 0.05) is 12.6 Å². The molecular weight excluding hydrogens is 240 g/mol. The molecule has 1 aromatic rings.